The molecule has 0 aliphatic carbocycles. The highest BCUT2D eigenvalue weighted by molar-refractivity contribution is 5.88. The molecule has 0 fully saturated rings. The number of rotatable bonds is 9. The van der Waals surface area contributed by atoms with Crippen LogP contribution in [0.4, 0.5) is 0 Å². The number of aromatic nitrogens is 2. The van der Waals surface area contributed by atoms with E-state index < -0.39 is 0 Å². The Hall–Kier alpha value is -3.60. The van der Waals surface area contributed by atoms with Crippen molar-refractivity contribution in [1.82, 2.24) is 14.9 Å². The summed E-state index contributed by atoms with van der Waals surface area (Å²) in [5.74, 6) is 0.903. The standard InChI is InChI=1S/C25H25N3O2/c29-25(12-5-15-30-24-11-4-9-22-8-1-2-10-23(22)24)27-17-20-6-3-7-21(16-20)18-28-14-13-26-19-28/h1-4,6-11,13-14,16,19H,5,12,15,17-18H2,(H,27,29). The fourth-order valence-electron chi connectivity index (χ4n) is 3.45. The van der Waals surface area contributed by atoms with E-state index in [-0.39, 0.29) is 5.91 Å². The van der Waals surface area contributed by atoms with Crippen molar-refractivity contribution in [3.05, 3.63) is 96.6 Å². The number of benzene rings is 3. The third-order valence-corrected chi connectivity index (χ3v) is 4.96. The van der Waals surface area contributed by atoms with Gasteiger partial charge in [0.05, 0.1) is 12.9 Å². The zero-order valence-electron chi connectivity index (χ0n) is 16.8. The van der Waals surface area contributed by atoms with E-state index >= 15 is 0 Å². The lowest BCUT2D eigenvalue weighted by atomic mass is 10.1. The largest absolute Gasteiger partial charge is 0.493 e. The van der Waals surface area contributed by atoms with E-state index in [1.54, 1.807) is 12.5 Å². The normalized spacial score (nSPS) is 10.8. The molecule has 1 N–H and O–H groups in total. The lowest BCUT2D eigenvalue weighted by Gasteiger charge is -2.10. The lowest BCUT2D eigenvalue weighted by molar-refractivity contribution is -0.121. The Labute approximate surface area is 176 Å². The molecule has 0 saturated carbocycles. The smallest absolute Gasteiger partial charge is 0.220 e. The van der Waals surface area contributed by atoms with Crippen LogP contribution in [0.25, 0.3) is 10.8 Å². The minimum atomic E-state index is 0.0385. The molecule has 4 aromatic rings. The van der Waals surface area contributed by atoms with E-state index in [4.69, 9.17) is 4.74 Å². The van der Waals surface area contributed by atoms with Crippen molar-refractivity contribution in [1.29, 1.82) is 0 Å². The first kappa shape index (κ1) is 19.7. The fourth-order valence-corrected chi connectivity index (χ4v) is 3.45. The number of amides is 1. The number of hydrogen-bond acceptors (Lipinski definition) is 3. The maximum absolute atomic E-state index is 12.2. The maximum Gasteiger partial charge on any atom is 0.220 e. The number of imidazole rings is 1. The van der Waals surface area contributed by atoms with Crippen LogP contribution in [0.1, 0.15) is 24.0 Å². The van der Waals surface area contributed by atoms with Crippen LogP contribution >= 0.6 is 0 Å². The molecule has 152 valence electrons. The Morgan fingerprint density at radius 1 is 1.00 bits per heavy atom. The Balaban J connectivity index is 1.21. The molecule has 0 radical (unpaired) electrons. The molecule has 0 aliphatic rings. The van der Waals surface area contributed by atoms with Gasteiger partial charge in [-0.3, -0.25) is 4.79 Å². The average molecular weight is 399 g/mol. The minimum Gasteiger partial charge on any atom is -0.493 e. The van der Waals surface area contributed by atoms with Gasteiger partial charge in [0.1, 0.15) is 5.75 Å². The van der Waals surface area contributed by atoms with Crippen LogP contribution in [0.15, 0.2) is 85.5 Å². The van der Waals surface area contributed by atoms with Crippen molar-refractivity contribution in [2.24, 2.45) is 0 Å². The summed E-state index contributed by atoms with van der Waals surface area (Å²) in [5, 5.41) is 5.25. The molecule has 0 atom stereocenters. The van der Waals surface area contributed by atoms with E-state index in [9.17, 15) is 4.79 Å². The fraction of sp³-hybridized carbons (Fsp3) is 0.200. The molecule has 5 heteroatoms. The highest BCUT2D eigenvalue weighted by atomic mass is 16.5. The number of nitrogens with one attached hydrogen (secondary N) is 1. The summed E-state index contributed by atoms with van der Waals surface area (Å²) in [5.41, 5.74) is 2.27. The second kappa shape index (κ2) is 9.74. The second-order valence-corrected chi connectivity index (χ2v) is 7.26. The average Bonchev–Trinajstić information content (AvgIpc) is 3.29. The minimum absolute atomic E-state index is 0.0385. The van der Waals surface area contributed by atoms with Gasteiger partial charge in [-0.1, -0.05) is 60.7 Å². The first-order valence-corrected chi connectivity index (χ1v) is 10.2. The van der Waals surface area contributed by atoms with Gasteiger partial charge in [-0.25, -0.2) is 4.98 Å². The summed E-state index contributed by atoms with van der Waals surface area (Å²) in [6.07, 6.45) is 6.63. The van der Waals surface area contributed by atoms with Crippen LogP contribution in [0.2, 0.25) is 0 Å². The summed E-state index contributed by atoms with van der Waals surface area (Å²) in [4.78, 5) is 16.3. The monoisotopic (exact) mass is 399 g/mol. The number of ether oxygens (including phenoxy) is 1. The van der Waals surface area contributed by atoms with Crippen molar-refractivity contribution in [3.8, 4) is 5.75 Å². The van der Waals surface area contributed by atoms with Crippen LogP contribution in [0.3, 0.4) is 0 Å². The molecular formula is C25H25N3O2. The molecule has 1 aromatic heterocycles. The van der Waals surface area contributed by atoms with Gasteiger partial charge in [0, 0.05) is 37.3 Å². The zero-order valence-corrected chi connectivity index (χ0v) is 16.8. The first-order valence-electron chi connectivity index (χ1n) is 10.2. The molecule has 0 unspecified atom stereocenters. The van der Waals surface area contributed by atoms with Crippen molar-refractivity contribution in [3.63, 3.8) is 0 Å². The van der Waals surface area contributed by atoms with Crippen LogP contribution < -0.4 is 10.1 Å². The van der Waals surface area contributed by atoms with Crippen molar-refractivity contribution in [2.75, 3.05) is 6.61 Å². The van der Waals surface area contributed by atoms with Gasteiger partial charge in [0.25, 0.3) is 0 Å². The van der Waals surface area contributed by atoms with Crippen LogP contribution in [-0.4, -0.2) is 22.1 Å². The summed E-state index contributed by atoms with van der Waals surface area (Å²) in [6.45, 7) is 1.82. The molecule has 1 amide bonds. The number of fused-ring (bicyclic) bond motifs is 1. The predicted octanol–water partition coefficient (Wildman–Crippen LogP) is 4.56. The van der Waals surface area contributed by atoms with E-state index in [1.807, 2.05) is 47.2 Å². The molecule has 0 spiro atoms. The van der Waals surface area contributed by atoms with Gasteiger partial charge in [-0.15, -0.1) is 0 Å². The molecule has 5 nitrogen and oxygen atoms in total. The molecule has 3 aromatic carbocycles. The van der Waals surface area contributed by atoms with Crippen molar-refractivity contribution < 1.29 is 9.53 Å². The lowest BCUT2D eigenvalue weighted by Crippen LogP contribution is -2.23. The third-order valence-electron chi connectivity index (χ3n) is 4.96. The van der Waals surface area contributed by atoms with Gasteiger partial charge in [0.15, 0.2) is 0 Å². The number of carbonyl (C=O) groups excluding carboxylic acids is 1. The van der Waals surface area contributed by atoms with Crippen molar-refractivity contribution >= 4 is 16.7 Å². The van der Waals surface area contributed by atoms with Gasteiger partial charge in [-0.2, -0.15) is 0 Å². The summed E-state index contributed by atoms with van der Waals surface area (Å²) in [7, 11) is 0. The summed E-state index contributed by atoms with van der Waals surface area (Å²) >= 11 is 0. The van der Waals surface area contributed by atoms with E-state index in [2.05, 4.69) is 40.6 Å². The number of nitrogens with zero attached hydrogens (tertiary/aromatic N) is 2. The highest BCUT2D eigenvalue weighted by Gasteiger charge is 2.05. The molecule has 0 bridgehead atoms. The quantitative estimate of drug-likeness (QED) is 0.420. The zero-order chi connectivity index (χ0) is 20.6. The van der Waals surface area contributed by atoms with Crippen molar-refractivity contribution in [2.45, 2.75) is 25.9 Å². The number of carbonyl (C=O) groups is 1. The van der Waals surface area contributed by atoms with E-state index in [1.165, 1.54) is 5.56 Å². The Bertz CT molecular complexity index is 1100. The van der Waals surface area contributed by atoms with Crippen LogP contribution in [0.5, 0.6) is 5.75 Å². The molecule has 0 aliphatic heterocycles. The van der Waals surface area contributed by atoms with E-state index in [0.717, 1.165) is 28.6 Å². The molecule has 0 saturated heterocycles. The first-order chi connectivity index (χ1) is 14.8. The molecule has 1 heterocycles. The Morgan fingerprint density at radius 3 is 2.73 bits per heavy atom. The predicted molar refractivity (Wildman–Crippen MR) is 118 cm³/mol. The Morgan fingerprint density at radius 2 is 1.83 bits per heavy atom. The van der Waals surface area contributed by atoms with E-state index in [0.29, 0.717) is 26.0 Å². The van der Waals surface area contributed by atoms with Gasteiger partial charge >= 0.3 is 0 Å². The maximum atomic E-state index is 12.2. The SMILES string of the molecule is O=C(CCCOc1cccc2ccccc12)NCc1cccc(Cn2ccnc2)c1. The van der Waals surface area contributed by atoms with Crippen LogP contribution in [0, 0.1) is 0 Å². The summed E-state index contributed by atoms with van der Waals surface area (Å²) < 4.78 is 7.93. The second-order valence-electron chi connectivity index (χ2n) is 7.26. The highest BCUT2D eigenvalue weighted by Crippen LogP contribution is 2.25. The van der Waals surface area contributed by atoms with Gasteiger partial charge in [0.2, 0.25) is 5.91 Å². The molecule has 4 rings (SSSR count). The van der Waals surface area contributed by atoms with Crippen LogP contribution in [-0.2, 0) is 17.9 Å². The molecular weight excluding hydrogens is 374 g/mol. The third kappa shape index (κ3) is 5.26. The van der Waals surface area contributed by atoms with Gasteiger partial charge in [-0.05, 0) is 29.0 Å². The topological polar surface area (TPSA) is 56.1 Å². The van der Waals surface area contributed by atoms with Gasteiger partial charge < -0.3 is 14.6 Å². The Kier molecular flexibility index (Phi) is 6.40. The number of hydrogen-bond donors (Lipinski definition) is 1. The summed E-state index contributed by atoms with van der Waals surface area (Å²) in [6, 6.07) is 22.4. The molecule has 30 heavy (non-hydrogen) atoms.